The highest BCUT2D eigenvalue weighted by atomic mass is 35.5. The lowest BCUT2D eigenvalue weighted by atomic mass is 10.3. The molecule has 0 saturated heterocycles. The Balaban J connectivity index is 0.00000144. The van der Waals surface area contributed by atoms with Gasteiger partial charge in [0, 0.05) is 19.2 Å². The minimum Gasteiger partial charge on any atom is -0.493 e. The molecule has 2 heterocycles. The molecule has 0 aliphatic carbocycles. The molecule has 1 aromatic rings. The van der Waals surface area contributed by atoms with Crippen molar-refractivity contribution in [3.63, 3.8) is 0 Å². The molecule has 2 rings (SSSR count). The molecule has 1 aliphatic heterocycles. The molecular formula is C9H11Cl2F3N2O2. The number of hydrogen-bond donors (Lipinski definition) is 2. The predicted molar refractivity (Wildman–Crippen MR) is 62.6 cm³/mol. The van der Waals surface area contributed by atoms with Gasteiger partial charge < -0.3 is 15.2 Å². The first-order chi connectivity index (χ1) is 7.47. The van der Waals surface area contributed by atoms with Crippen LogP contribution >= 0.6 is 24.8 Å². The minimum atomic E-state index is -4.42. The number of rotatable bonds is 0. The van der Waals surface area contributed by atoms with Gasteiger partial charge in [-0.05, 0) is 6.07 Å². The van der Waals surface area contributed by atoms with Gasteiger partial charge in [0.1, 0.15) is 11.4 Å². The Hall–Kier alpha value is -0.920. The van der Waals surface area contributed by atoms with Crippen molar-refractivity contribution in [3.8, 4) is 11.6 Å². The molecule has 0 bridgehead atoms. The molecule has 0 radical (unpaired) electrons. The van der Waals surface area contributed by atoms with Crippen LogP contribution < -0.4 is 10.1 Å². The predicted octanol–water partition coefficient (Wildman–Crippen LogP) is 2.04. The molecule has 1 aliphatic rings. The normalized spacial score (nSPS) is 18.5. The highest BCUT2D eigenvalue weighted by Crippen LogP contribution is 2.29. The van der Waals surface area contributed by atoms with Crippen LogP contribution in [0, 0.1) is 0 Å². The number of hydrogen-bond acceptors (Lipinski definition) is 4. The van der Waals surface area contributed by atoms with Crippen LogP contribution in [0.1, 0.15) is 5.69 Å². The van der Waals surface area contributed by atoms with Crippen molar-refractivity contribution >= 4 is 24.8 Å². The standard InChI is InChI=1S/C9H9F3N2O2.2ClH/c10-9(11,12)7-4-13-3-5-6(16-7)1-2-8(15)14-5;;/h1-2,7,13H,3-4H2,(H,14,15);2*1H/t7-;;/m0../s1. The van der Waals surface area contributed by atoms with Crippen LogP contribution in [0.3, 0.4) is 0 Å². The SMILES string of the molecule is Cl.Cl.Oc1ccc2c(n1)CNC[C@@H](C(F)(F)F)O2. The maximum atomic E-state index is 12.5. The maximum Gasteiger partial charge on any atom is 0.426 e. The zero-order valence-electron chi connectivity index (χ0n) is 8.90. The number of halogens is 5. The van der Waals surface area contributed by atoms with Gasteiger partial charge in [0.2, 0.25) is 12.0 Å². The van der Waals surface area contributed by atoms with Crippen molar-refractivity contribution in [2.45, 2.75) is 18.8 Å². The third kappa shape index (κ3) is 3.79. The molecule has 18 heavy (non-hydrogen) atoms. The molecule has 104 valence electrons. The fourth-order valence-corrected chi connectivity index (χ4v) is 1.41. The van der Waals surface area contributed by atoms with Crippen LogP contribution in [0.25, 0.3) is 0 Å². The van der Waals surface area contributed by atoms with Gasteiger partial charge in [-0.2, -0.15) is 13.2 Å². The number of aromatic hydroxyl groups is 1. The van der Waals surface area contributed by atoms with Crippen LogP contribution in [0.2, 0.25) is 0 Å². The summed E-state index contributed by atoms with van der Waals surface area (Å²) >= 11 is 0. The maximum absolute atomic E-state index is 12.5. The molecule has 1 aromatic heterocycles. The van der Waals surface area contributed by atoms with Gasteiger partial charge in [0.05, 0.1) is 0 Å². The van der Waals surface area contributed by atoms with Crippen molar-refractivity contribution in [2.24, 2.45) is 0 Å². The Morgan fingerprint density at radius 2 is 2.00 bits per heavy atom. The number of nitrogens with zero attached hydrogens (tertiary/aromatic N) is 1. The lowest BCUT2D eigenvalue weighted by molar-refractivity contribution is -0.192. The molecule has 9 heteroatoms. The van der Waals surface area contributed by atoms with Crippen LogP contribution in [-0.2, 0) is 6.54 Å². The van der Waals surface area contributed by atoms with E-state index in [-0.39, 0.29) is 55.2 Å². The van der Waals surface area contributed by atoms with Crippen molar-refractivity contribution in [3.05, 3.63) is 17.8 Å². The van der Waals surface area contributed by atoms with Crippen molar-refractivity contribution in [2.75, 3.05) is 6.54 Å². The zero-order chi connectivity index (χ0) is 11.8. The second-order valence-electron chi connectivity index (χ2n) is 3.39. The van der Waals surface area contributed by atoms with Gasteiger partial charge in [-0.25, -0.2) is 4.98 Å². The Bertz CT molecular complexity index is 404. The minimum absolute atomic E-state index is 0. The van der Waals surface area contributed by atoms with Crippen LogP contribution in [0.5, 0.6) is 11.6 Å². The van der Waals surface area contributed by atoms with Gasteiger partial charge in [0.15, 0.2) is 0 Å². The lowest BCUT2D eigenvalue weighted by Crippen LogP contribution is -2.41. The quantitative estimate of drug-likeness (QED) is 0.770. The monoisotopic (exact) mass is 306 g/mol. The highest BCUT2D eigenvalue weighted by molar-refractivity contribution is 5.85. The number of aromatic nitrogens is 1. The highest BCUT2D eigenvalue weighted by Gasteiger charge is 2.42. The Morgan fingerprint density at radius 3 is 2.61 bits per heavy atom. The van der Waals surface area contributed by atoms with Gasteiger partial charge in [0.25, 0.3) is 0 Å². The molecular weight excluding hydrogens is 296 g/mol. The first-order valence-electron chi connectivity index (χ1n) is 4.60. The number of alkyl halides is 3. The Labute approximate surface area is 113 Å². The Morgan fingerprint density at radius 1 is 1.33 bits per heavy atom. The zero-order valence-corrected chi connectivity index (χ0v) is 10.5. The van der Waals surface area contributed by atoms with E-state index in [1.165, 1.54) is 12.1 Å². The smallest absolute Gasteiger partial charge is 0.426 e. The lowest BCUT2D eigenvalue weighted by Gasteiger charge is -2.19. The third-order valence-electron chi connectivity index (χ3n) is 2.17. The van der Waals surface area contributed by atoms with Crippen LogP contribution in [0.15, 0.2) is 12.1 Å². The van der Waals surface area contributed by atoms with E-state index in [0.717, 1.165) is 0 Å². The number of ether oxygens (including phenoxy) is 1. The number of fused-ring (bicyclic) bond motifs is 1. The second kappa shape index (κ2) is 6.31. The van der Waals surface area contributed by atoms with Crippen molar-refractivity contribution in [1.82, 2.24) is 10.3 Å². The topological polar surface area (TPSA) is 54.4 Å². The van der Waals surface area contributed by atoms with E-state index in [1.807, 2.05) is 0 Å². The molecule has 2 N–H and O–H groups in total. The number of pyridine rings is 1. The molecule has 4 nitrogen and oxygen atoms in total. The fraction of sp³-hybridized carbons (Fsp3) is 0.444. The summed E-state index contributed by atoms with van der Waals surface area (Å²) in [7, 11) is 0. The summed E-state index contributed by atoms with van der Waals surface area (Å²) in [6, 6.07) is 2.47. The fourth-order valence-electron chi connectivity index (χ4n) is 1.41. The van der Waals surface area contributed by atoms with E-state index in [1.54, 1.807) is 0 Å². The van der Waals surface area contributed by atoms with Crippen LogP contribution in [0.4, 0.5) is 13.2 Å². The van der Waals surface area contributed by atoms with E-state index in [2.05, 4.69) is 10.3 Å². The summed E-state index contributed by atoms with van der Waals surface area (Å²) in [5.41, 5.74) is 0.270. The van der Waals surface area contributed by atoms with E-state index in [9.17, 15) is 13.2 Å². The second-order valence-corrected chi connectivity index (χ2v) is 3.39. The summed E-state index contributed by atoms with van der Waals surface area (Å²) in [6.45, 7) is -0.197. The molecule has 0 amide bonds. The van der Waals surface area contributed by atoms with E-state index < -0.39 is 12.3 Å². The average molecular weight is 307 g/mol. The summed E-state index contributed by atoms with van der Waals surface area (Å²) in [6.07, 6.45) is -6.31. The van der Waals surface area contributed by atoms with Crippen LogP contribution in [-0.4, -0.2) is 28.9 Å². The van der Waals surface area contributed by atoms with Gasteiger partial charge in [-0.3, -0.25) is 0 Å². The largest absolute Gasteiger partial charge is 0.493 e. The summed E-state index contributed by atoms with van der Waals surface area (Å²) in [5.74, 6) is -0.195. The number of nitrogens with one attached hydrogen (secondary N) is 1. The molecule has 0 fully saturated rings. The Kier molecular flexibility index (Phi) is 5.98. The van der Waals surface area contributed by atoms with E-state index in [0.29, 0.717) is 0 Å². The van der Waals surface area contributed by atoms with Gasteiger partial charge in [-0.1, -0.05) is 0 Å². The van der Waals surface area contributed by atoms with Gasteiger partial charge in [-0.15, -0.1) is 24.8 Å². The molecule has 0 aromatic carbocycles. The molecule has 0 saturated carbocycles. The third-order valence-corrected chi connectivity index (χ3v) is 2.17. The van der Waals surface area contributed by atoms with E-state index in [4.69, 9.17) is 9.84 Å². The molecule has 1 atom stereocenters. The van der Waals surface area contributed by atoms with E-state index >= 15 is 0 Å². The molecule has 0 unspecified atom stereocenters. The molecule has 0 spiro atoms. The van der Waals surface area contributed by atoms with Gasteiger partial charge >= 0.3 is 6.18 Å². The first kappa shape index (κ1) is 17.1. The summed E-state index contributed by atoms with van der Waals surface area (Å²) in [5, 5.41) is 11.7. The van der Waals surface area contributed by atoms with Crippen molar-refractivity contribution in [1.29, 1.82) is 0 Å². The van der Waals surface area contributed by atoms with Crippen molar-refractivity contribution < 1.29 is 23.0 Å². The average Bonchev–Trinajstić information content (AvgIpc) is 2.38. The summed E-state index contributed by atoms with van der Waals surface area (Å²) in [4.78, 5) is 3.69. The first-order valence-corrected chi connectivity index (χ1v) is 4.60. The summed E-state index contributed by atoms with van der Waals surface area (Å²) < 4.78 is 42.2.